The Bertz CT molecular complexity index is 1070. The Balaban J connectivity index is 1.71. The molecule has 8 heteroatoms. The monoisotopic (exact) mass is 707 g/mol. The van der Waals surface area contributed by atoms with Crippen molar-refractivity contribution in [3.8, 4) is 0 Å². The second-order valence-corrected chi connectivity index (χ2v) is 14.3. The van der Waals surface area contributed by atoms with Crippen LogP contribution < -0.4 is 21.3 Å². The predicted octanol–water partition coefficient (Wildman–Crippen LogP) is 10.4. The van der Waals surface area contributed by atoms with Crippen molar-refractivity contribution in [2.75, 3.05) is 63.0 Å². The van der Waals surface area contributed by atoms with Crippen LogP contribution in [0.1, 0.15) is 142 Å². The van der Waals surface area contributed by atoms with Crippen LogP contribution in [0.5, 0.6) is 0 Å². The van der Waals surface area contributed by atoms with Gasteiger partial charge >= 0.3 is 12.1 Å². The summed E-state index contributed by atoms with van der Waals surface area (Å²) in [5.74, 6) is 0. The van der Waals surface area contributed by atoms with Crippen LogP contribution in [0.25, 0.3) is 0 Å². The van der Waals surface area contributed by atoms with E-state index in [0.717, 1.165) is 61.3 Å². The summed E-state index contributed by atoms with van der Waals surface area (Å²) in [4.78, 5) is 30.5. The molecule has 2 rings (SSSR count). The Morgan fingerprint density at radius 2 is 0.804 bits per heavy atom. The molecule has 0 fully saturated rings. The number of unbranched alkanes of at least 4 members (excludes halogenated alkanes) is 10. The third kappa shape index (κ3) is 22.4. The molecule has 2 aromatic rings. The van der Waals surface area contributed by atoms with E-state index in [1.807, 2.05) is 36.4 Å². The number of benzene rings is 2. The molecule has 0 aromatic heterocycles. The molecular formula is C43H74N6O2. The lowest BCUT2D eigenvalue weighted by atomic mass is 10.0. The van der Waals surface area contributed by atoms with Crippen LogP contribution in [0.4, 0.5) is 21.0 Å². The zero-order valence-corrected chi connectivity index (χ0v) is 33.0. The van der Waals surface area contributed by atoms with Gasteiger partial charge in [0.1, 0.15) is 0 Å². The van der Waals surface area contributed by atoms with Crippen molar-refractivity contribution in [1.29, 1.82) is 0 Å². The van der Waals surface area contributed by atoms with Crippen molar-refractivity contribution in [2.45, 2.75) is 137 Å². The maximum atomic E-state index is 12.6. The van der Waals surface area contributed by atoms with Crippen molar-refractivity contribution in [3.63, 3.8) is 0 Å². The molecule has 0 aliphatic carbocycles. The molecule has 288 valence electrons. The van der Waals surface area contributed by atoms with Crippen LogP contribution >= 0.6 is 0 Å². The van der Waals surface area contributed by atoms with Crippen molar-refractivity contribution in [3.05, 3.63) is 59.7 Å². The summed E-state index contributed by atoms with van der Waals surface area (Å²) < 4.78 is 0. The summed E-state index contributed by atoms with van der Waals surface area (Å²) in [6, 6.07) is 15.6. The minimum absolute atomic E-state index is 0.164. The highest BCUT2D eigenvalue weighted by molar-refractivity contribution is 5.89. The fourth-order valence-corrected chi connectivity index (χ4v) is 6.44. The summed E-state index contributed by atoms with van der Waals surface area (Å²) in [5.41, 5.74) is 3.75. The van der Waals surface area contributed by atoms with Gasteiger partial charge in [0.25, 0.3) is 0 Å². The van der Waals surface area contributed by atoms with E-state index in [2.05, 4.69) is 70.9 Å². The molecule has 0 aliphatic rings. The van der Waals surface area contributed by atoms with Crippen LogP contribution in [0.3, 0.4) is 0 Å². The number of nitrogens with one attached hydrogen (secondary N) is 4. The van der Waals surface area contributed by atoms with Crippen molar-refractivity contribution in [1.82, 2.24) is 20.4 Å². The number of urea groups is 2. The maximum Gasteiger partial charge on any atom is 0.319 e. The molecular weight excluding hydrogens is 633 g/mol. The van der Waals surface area contributed by atoms with Gasteiger partial charge in [-0.05, 0) is 132 Å². The van der Waals surface area contributed by atoms with E-state index in [0.29, 0.717) is 19.5 Å². The first kappa shape index (κ1) is 44.1. The van der Waals surface area contributed by atoms with E-state index in [9.17, 15) is 9.59 Å². The van der Waals surface area contributed by atoms with Gasteiger partial charge in [-0.1, -0.05) is 103 Å². The van der Waals surface area contributed by atoms with Gasteiger partial charge < -0.3 is 31.1 Å². The lowest BCUT2D eigenvalue weighted by Crippen LogP contribution is -2.31. The second kappa shape index (κ2) is 29.5. The van der Waals surface area contributed by atoms with Crippen LogP contribution in [0.2, 0.25) is 0 Å². The first-order valence-electron chi connectivity index (χ1n) is 20.7. The minimum Gasteiger partial charge on any atom is -0.338 e. The number of anilines is 2. The molecule has 51 heavy (non-hydrogen) atoms. The molecule has 0 spiro atoms. The predicted molar refractivity (Wildman–Crippen MR) is 219 cm³/mol. The molecule has 0 bridgehead atoms. The Labute approximate surface area is 312 Å². The molecule has 4 amide bonds. The third-order valence-electron chi connectivity index (χ3n) is 9.46. The quantitative estimate of drug-likeness (QED) is 0.0609. The second-order valence-electron chi connectivity index (χ2n) is 14.3. The maximum absolute atomic E-state index is 12.6. The minimum atomic E-state index is -0.164. The molecule has 4 N–H and O–H groups in total. The van der Waals surface area contributed by atoms with Gasteiger partial charge in [-0.3, -0.25) is 0 Å². The first-order chi connectivity index (χ1) is 25.0. The van der Waals surface area contributed by atoms with Gasteiger partial charge in [0.15, 0.2) is 0 Å². The Hall–Kier alpha value is -3.10. The summed E-state index contributed by atoms with van der Waals surface area (Å²) >= 11 is 0. The molecule has 0 saturated carbocycles. The van der Waals surface area contributed by atoms with Crippen LogP contribution in [0.15, 0.2) is 48.5 Å². The summed E-state index contributed by atoms with van der Waals surface area (Å²) in [5, 5.41) is 12.1. The molecule has 2 aromatic carbocycles. The van der Waals surface area contributed by atoms with Crippen molar-refractivity contribution in [2.24, 2.45) is 0 Å². The normalized spacial score (nSPS) is 11.3. The topological polar surface area (TPSA) is 88.7 Å². The van der Waals surface area contributed by atoms with Gasteiger partial charge in [0, 0.05) is 24.5 Å². The molecule has 0 aliphatic heterocycles. The van der Waals surface area contributed by atoms with Gasteiger partial charge in [-0.25, -0.2) is 9.59 Å². The first-order valence-corrected chi connectivity index (χ1v) is 20.7. The fourth-order valence-electron chi connectivity index (χ4n) is 6.44. The van der Waals surface area contributed by atoms with Crippen LogP contribution in [-0.4, -0.2) is 74.2 Å². The summed E-state index contributed by atoms with van der Waals surface area (Å²) in [6.45, 7) is 17.4. The highest BCUT2D eigenvalue weighted by Gasteiger charge is 2.08. The van der Waals surface area contributed by atoms with Gasteiger partial charge in [-0.2, -0.15) is 0 Å². The number of rotatable bonds is 30. The molecule has 0 unspecified atom stereocenters. The van der Waals surface area contributed by atoms with E-state index in [1.165, 1.54) is 103 Å². The Morgan fingerprint density at radius 3 is 1.14 bits per heavy atom. The largest absolute Gasteiger partial charge is 0.338 e. The van der Waals surface area contributed by atoms with Gasteiger partial charge in [0.05, 0.1) is 0 Å². The number of hydrogen-bond acceptors (Lipinski definition) is 4. The number of amides is 4. The summed E-state index contributed by atoms with van der Waals surface area (Å²) in [6.07, 6.45) is 20.2. The standard InChI is InChI=1S/C43H74N6O2/c1-5-9-15-29-48(30-16-10-6-2)33-19-13-27-44-42(50)46-40-25-21-23-38(36-40)35-39-24-22-26-41(37-39)47-43(51)45-28-14-20-34-49(31-17-11-7-3)32-18-12-8-4/h21-26,36-37H,5-20,27-35H2,1-4H3,(H2,44,46,50)(H2,45,47,51). The van der Waals surface area contributed by atoms with Crippen LogP contribution in [-0.2, 0) is 6.42 Å². The highest BCUT2D eigenvalue weighted by Crippen LogP contribution is 2.18. The highest BCUT2D eigenvalue weighted by atomic mass is 16.2. The van der Waals surface area contributed by atoms with E-state index in [4.69, 9.17) is 0 Å². The van der Waals surface area contributed by atoms with Gasteiger partial charge in [-0.15, -0.1) is 0 Å². The molecule has 0 atom stereocenters. The summed E-state index contributed by atoms with van der Waals surface area (Å²) in [7, 11) is 0. The Morgan fingerprint density at radius 1 is 0.471 bits per heavy atom. The zero-order chi connectivity index (χ0) is 36.8. The van der Waals surface area contributed by atoms with E-state index in [1.54, 1.807) is 0 Å². The number of nitrogens with zero attached hydrogens (tertiary/aromatic N) is 2. The lowest BCUT2D eigenvalue weighted by Gasteiger charge is -2.22. The zero-order valence-electron chi connectivity index (χ0n) is 33.0. The van der Waals surface area contributed by atoms with E-state index >= 15 is 0 Å². The average molecular weight is 707 g/mol. The third-order valence-corrected chi connectivity index (χ3v) is 9.46. The molecule has 0 saturated heterocycles. The number of carbonyl (C=O) groups excluding carboxylic acids is 2. The lowest BCUT2D eigenvalue weighted by molar-refractivity contribution is 0.247. The fraction of sp³-hybridized carbons (Fsp3) is 0.674. The number of hydrogen-bond donors (Lipinski definition) is 4. The van der Waals surface area contributed by atoms with E-state index in [-0.39, 0.29) is 12.1 Å². The van der Waals surface area contributed by atoms with Gasteiger partial charge in [0.2, 0.25) is 0 Å². The molecule has 0 radical (unpaired) electrons. The molecule has 8 nitrogen and oxygen atoms in total. The van der Waals surface area contributed by atoms with E-state index < -0.39 is 0 Å². The number of carbonyl (C=O) groups is 2. The molecule has 0 heterocycles. The Kier molecular flexibility index (Phi) is 25.5. The smallest absolute Gasteiger partial charge is 0.319 e. The van der Waals surface area contributed by atoms with Crippen LogP contribution in [0, 0.1) is 0 Å². The van der Waals surface area contributed by atoms with Crippen molar-refractivity contribution >= 4 is 23.4 Å². The van der Waals surface area contributed by atoms with Crippen molar-refractivity contribution < 1.29 is 9.59 Å². The average Bonchev–Trinajstić information content (AvgIpc) is 3.11. The SMILES string of the molecule is CCCCCN(CCCCC)CCCCNC(=O)Nc1cccc(Cc2cccc(NC(=O)NCCCCN(CCCCC)CCCCC)c2)c1.